The van der Waals surface area contributed by atoms with Crippen LogP contribution >= 0.6 is 34.8 Å². The van der Waals surface area contributed by atoms with Crippen LogP contribution in [0.5, 0.6) is 0 Å². The molecule has 0 spiro atoms. The molecule has 59 heavy (non-hydrogen) atoms. The third-order valence-corrected chi connectivity index (χ3v) is 13.3. The number of halogens is 3. The van der Waals surface area contributed by atoms with Gasteiger partial charge in [0.05, 0.1) is 32.7 Å². The number of nitrogens with zero attached hydrogens (tertiary/aromatic N) is 10. The van der Waals surface area contributed by atoms with Crippen molar-refractivity contribution in [1.29, 1.82) is 0 Å². The molecule has 2 aliphatic heterocycles. The Morgan fingerprint density at radius 3 is 1.81 bits per heavy atom. The van der Waals surface area contributed by atoms with E-state index in [9.17, 15) is 26.4 Å². The van der Waals surface area contributed by atoms with Crippen molar-refractivity contribution in [2.24, 2.45) is 0 Å². The van der Waals surface area contributed by atoms with E-state index in [1.54, 1.807) is 33.8 Å². The molecule has 0 saturated carbocycles. The molecule has 2 N–H and O–H groups in total. The average molecular weight is 906 g/mol. The molecule has 0 radical (unpaired) electrons. The van der Waals surface area contributed by atoms with Gasteiger partial charge < -0.3 is 10.6 Å². The third kappa shape index (κ3) is 9.18. The van der Waals surface area contributed by atoms with Crippen LogP contribution in [-0.4, -0.2) is 105 Å². The van der Waals surface area contributed by atoms with Crippen molar-refractivity contribution in [2.75, 3.05) is 38.8 Å². The molecule has 0 fully saturated rings. The van der Waals surface area contributed by atoms with Gasteiger partial charge in [0.15, 0.2) is 11.3 Å². The van der Waals surface area contributed by atoms with Crippen molar-refractivity contribution in [3.05, 3.63) is 81.3 Å². The van der Waals surface area contributed by atoms with E-state index in [-0.39, 0.29) is 38.6 Å². The molecule has 1 unspecified atom stereocenters. The lowest BCUT2D eigenvalue weighted by Crippen LogP contribution is -2.22. The number of aryl methyl sites for hydroxylation is 2. The smallest absolute Gasteiger partial charge is 0.242 e. The first kappa shape index (κ1) is 43.7. The summed E-state index contributed by atoms with van der Waals surface area (Å²) in [6.45, 7) is 5.63. The molecule has 6 heterocycles. The Hall–Kier alpha value is -4.83. The van der Waals surface area contributed by atoms with Gasteiger partial charge in [0, 0.05) is 65.0 Å². The van der Waals surface area contributed by atoms with Crippen LogP contribution in [0, 0.1) is 0 Å². The monoisotopic (exact) mass is 904 g/mol. The summed E-state index contributed by atoms with van der Waals surface area (Å²) in [5.74, 6) is -1.22. The second kappa shape index (κ2) is 17.4. The van der Waals surface area contributed by atoms with Crippen molar-refractivity contribution < 1.29 is 26.4 Å². The minimum atomic E-state index is -3.66. The number of anilines is 2. The summed E-state index contributed by atoms with van der Waals surface area (Å²) >= 11 is 17.6. The van der Waals surface area contributed by atoms with Crippen LogP contribution in [0.1, 0.15) is 49.4 Å². The molecule has 0 saturated heterocycles. The Kier molecular flexibility index (Phi) is 12.9. The summed E-state index contributed by atoms with van der Waals surface area (Å²) in [7, 11) is -1.21. The third-order valence-electron chi connectivity index (χ3n) is 9.07. The normalized spacial score (nSPS) is 14.8. The molecule has 2 aromatic carbocycles. The topological polar surface area (TPSA) is 220 Å². The molecule has 0 aliphatic carbocycles. The highest BCUT2D eigenvalue weighted by Crippen LogP contribution is 2.40. The van der Waals surface area contributed by atoms with E-state index in [1.165, 1.54) is 46.4 Å². The largest absolute Gasteiger partial charge is 0.326 e. The average Bonchev–Trinajstić information content (AvgIpc) is 3.94. The molecule has 6 aromatic rings. The number of aromatic nitrogens is 8. The van der Waals surface area contributed by atoms with Gasteiger partial charge in [-0.3, -0.25) is 19.0 Å². The van der Waals surface area contributed by atoms with E-state index in [4.69, 9.17) is 34.8 Å². The molecule has 18 nitrogen and oxygen atoms in total. The molecule has 8 rings (SSSR count). The van der Waals surface area contributed by atoms with Gasteiger partial charge in [-0.2, -0.15) is 20.2 Å². The maximum Gasteiger partial charge on any atom is 0.242 e. The highest BCUT2D eigenvalue weighted by atomic mass is 35.5. The molecule has 0 bridgehead atoms. The molecule has 2 aliphatic rings. The van der Waals surface area contributed by atoms with Crippen LogP contribution in [0.4, 0.5) is 11.4 Å². The van der Waals surface area contributed by atoms with Crippen molar-refractivity contribution in [3.8, 4) is 0 Å². The highest BCUT2D eigenvalue weighted by Gasteiger charge is 2.36. The Balaban J connectivity index is 0.000000164. The zero-order chi connectivity index (χ0) is 43.0. The first-order chi connectivity index (χ1) is 27.8. The number of nitrogens with one attached hydrogen (secondary N) is 2. The van der Waals surface area contributed by atoms with Crippen LogP contribution < -0.4 is 10.6 Å². The summed E-state index contributed by atoms with van der Waals surface area (Å²) < 4.78 is 54.6. The Bertz CT molecular complexity index is 2830. The Morgan fingerprint density at radius 1 is 0.712 bits per heavy atom. The molecule has 1 atom stereocenters. The molecule has 4 aromatic heterocycles. The number of fused-ring (bicyclic) bond motifs is 4. The van der Waals surface area contributed by atoms with Crippen LogP contribution in [0.3, 0.4) is 0 Å². The number of sulfonamides is 2. The van der Waals surface area contributed by atoms with E-state index >= 15 is 0 Å². The van der Waals surface area contributed by atoms with Crippen molar-refractivity contribution in [1.82, 2.24) is 48.1 Å². The quantitative estimate of drug-likeness (QED) is 0.141. The maximum atomic E-state index is 12.8. The number of hydrogen-bond acceptors (Lipinski definition) is 12. The lowest BCUT2D eigenvalue weighted by atomic mass is 9.95. The fourth-order valence-electron chi connectivity index (χ4n) is 6.21. The second-order valence-electron chi connectivity index (χ2n) is 13.7. The summed E-state index contributed by atoms with van der Waals surface area (Å²) in [6.07, 6.45) is 5.75. The van der Waals surface area contributed by atoms with Gasteiger partial charge in [-0.1, -0.05) is 25.4 Å². The minimum absolute atomic E-state index is 0.0208. The predicted molar refractivity (Wildman–Crippen MR) is 224 cm³/mol. The number of rotatable bonds is 9. The number of carbonyl (C=O) groups excluding carboxylic acids is 2. The predicted octanol–water partition coefficient (Wildman–Crippen LogP) is 5.20. The van der Waals surface area contributed by atoms with Crippen LogP contribution in [-0.2, 0) is 49.1 Å². The number of benzene rings is 2. The van der Waals surface area contributed by atoms with Gasteiger partial charge in [-0.15, -0.1) is 0 Å². The van der Waals surface area contributed by atoms with Crippen molar-refractivity contribution in [2.45, 2.75) is 61.9 Å². The molecule has 2 amide bonds. The van der Waals surface area contributed by atoms with E-state index in [1.807, 2.05) is 13.1 Å². The SMILES string of the molecule is CCCn1cc2c(C3C(=O)Nc4ccc(S(=O)(=O)N(C)C)cc43)nc(Cl)nc2n1.CCCn1cc2c(Cl)nc(Cl)nc2n1.CN(C)S(=O)(=O)c1ccc2c(c1)CC(=O)N2. The van der Waals surface area contributed by atoms with Gasteiger partial charge in [0.25, 0.3) is 0 Å². The number of carbonyl (C=O) groups is 2. The maximum absolute atomic E-state index is 12.8. The zero-order valence-electron chi connectivity index (χ0n) is 32.6. The highest BCUT2D eigenvalue weighted by molar-refractivity contribution is 7.89. The Morgan fingerprint density at radius 2 is 1.24 bits per heavy atom. The van der Waals surface area contributed by atoms with Crippen LogP contribution in [0.15, 0.2) is 58.6 Å². The lowest BCUT2D eigenvalue weighted by Gasteiger charge is -2.14. The lowest BCUT2D eigenvalue weighted by molar-refractivity contribution is -0.116. The second-order valence-corrected chi connectivity index (χ2v) is 19.0. The van der Waals surface area contributed by atoms with Crippen molar-refractivity contribution >= 4 is 100 Å². The first-order valence-corrected chi connectivity index (χ1v) is 22.0. The summed E-state index contributed by atoms with van der Waals surface area (Å²) in [4.78, 5) is 40.5. The number of amides is 2. The fourth-order valence-corrected chi connectivity index (χ4v) is 8.69. The van der Waals surface area contributed by atoms with Crippen molar-refractivity contribution in [3.63, 3.8) is 0 Å². The summed E-state index contributed by atoms with van der Waals surface area (Å²) in [6, 6.07) is 9.23. The Labute approximate surface area is 355 Å². The van der Waals surface area contributed by atoms with Gasteiger partial charge in [-0.25, -0.2) is 35.4 Å². The van der Waals surface area contributed by atoms with E-state index in [0.29, 0.717) is 51.0 Å². The van der Waals surface area contributed by atoms with E-state index in [2.05, 4.69) is 47.7 Å². The molecular weight excluding hydrogens is 867 g/mol. The summed E-state index contributed by atoms with van der Waals surface area (Å²) in [5.41, 5.74) is 3.84. The standard InChI is InChI=1S/C18H19ClN6O3S.C10H12N2O3S.C8H8Cl2N4/c1-4-7-25-9-12-15(21-18(19)22-16(12)23-25)14-11-8-10(29(27,28)24(2)3)5-6-13(11)20-17(14)26;1-12(2)16(14,15)8-3-4-9-7(5-8)6-10(13)11-9;1-2-3-14-4-5-6(9)11-8(10)12-7(5)13-14/h5-6,8-9,14H,4,7H2,1-3H3,(H,20,26);3-5H,6H2,1-2H3,(H,11,13);4H,2-3H2,1H3. The van der Waals surface area contributed by atoms with Crippen LogP contribution in [0.2, 0.25) is 15.7 Å². The first-order valence-electron chi connectivity index (χ1n) is 18.0. The molecule has 312 valence electrons. The van der Waals surface area contributed by atoms with Gasteiger partial charge in [-0.05, 0) is 83.6 Å². The fraction of sp³-hybridized carbons (Fsp3) is 0.333. The van der Waals surface area contributed by atoms with Gasteiger partial charge in [0.1, 0.15) is 11.1 Å². The van der Waals surface area contributed by atoms with E-state index in [0.717, 1.165) is 38.9 Å². The number of hydrogen-bond donors (Lipinski definition) is 2. The van der Waals surface area contributed by atoms with Gasteiger partial charge in [0.2, 0.25) is 42.4 Å². The van der Waals surface area contributed by atoms with Gasteiger partial charge >= 0.3 is 0 Å². The van der Waals surface area contributed by atoms with Crippen LogP contribution in [0.25, 0.3) is 22.1 Å². The van der Waals surface area contributed by atoms with E-state index < -0.39 is 26.0 Å². The molecule has 23 heteroatoms. The molecular formula is C36H39Cl3N12O6S2. The zero-order valence-corrected chi connectivity index (χ0v) is 36.5. The minimum Gasteiger partial charge on any atom is -0.326 e. The summed E-state index contributed by atoms with van der Waals surface area (Å²) in [5, 5.41) is 15.9.